The van der Waals surface area contributed by atoms with Gasteiger partial charge in [-0.05, 0) is 26.2 Å². The molecule has 2 amide bonds. The Morgan fingerprint density at radius 1 is 1.50 bits per heavy atom. The molecule has 1 heterocycles. The molecule has 0 aromatic heterocycles. The maximum absolute atomic E-state index is 11.9. The maximum atomic E-state index is 11.9. The van der Waals surface area contributed by atoms with E-state index in [0.29, 0.717) is 25.9 Å². The first-order valence-electron chi connectivity index (χ1n) is 6.45. The van der Waals surface area contributed by atoms with Crippen LogP contribution in [-0.4, -0.2) is 41.6 Å². The average molecular weight is 252 g/mol. The van der Waals surface area contributed by atoms with Gasteiger partial charge in [-0.25, -0.2) is 4.79 Å². The molecule has 5 nitrogen and oxygen atoms in total. The smallest absolute Gasteiger partial charge is 0.317 e. The van der Waals surface area contributed by atoms with Gasteiger partial charge in [0.25, 0.3) is 0 Å². The summed E-state index contributed by atoms with van der Waals surface area (Å²) in [4.78, 5) is 24.8. The third-order valence-corrected chi connectivity index (χ3v) is 4.07. The lowest BCUT2D eigenvalue weighted by atomic mass is 9.69. The molecule has 1 saturated carbocycles. The second-order valence-electron chi connectivity index (χ2n) is 5.34. The molecular weight excluding hydrogens is 232 g/mol. The Labute approximate surface area is 107 Å². The molecule has 0 aromatic carbocycles. The minimum atomic E-state index is -0.788. The van der Waals surface area contributed by atoms with Crippen molar-refractivity contribution in [3.8, 4) is 0 Å². The van der Waals surface area contributed by atoms with Gasteiger partial charge in [-0.3, -0.25) is 4.79 Å². The van der Waals surface area contributed by atoms with E-state index in [9.17, 15) is 9.59 Å². The number of nitrogens with zero attached hydrogens (tertiary/aromatic N) is 1. The molecule has 1 fully saturated rings. The summed E-state index contributed by atoms with van der Waals surface area (Å²) in [7, 11) is 0. The Kier molecular flexibility index (Phi) is 3.59. The Morgan fingerprint density at radius 3 is 2.67 bits per heavy atom. The summed E-state index contributed by atoms with van der Waals surface area (Å²) in [5.74, 6) is -0.788. The predicted octanol–water partition coefficient (Wildman–Crippen LogP) is 1.60. The lowest BCUT2D eigenvalue weighted by Gasteiger charge is -2.38. The number of urea groups is 1. The quantitative estimate of drug-likeness (QED) is 0.750. The van der Waals surface area contributed by atoms with Crippen LogP contribution in [0.15, 0.2) is 11.6 Å². The van der Waals surface area contributed by atoms with Gasteiger partial charge >= 0.3 is 12.0 Å². The van der Waals surface area contributed by atoms with Crippen LogP contribution in [0.1, 0.15) is 32.6 Å². The average Bonchev–Trinajstić information content (AvgIpc) is 2.27. The highest BCUT2D eigenvalue weighted by Gasteiger charge is 2.44. The van der Waals surface area contributed by atoms with Crippen LogP contribution in [0.5, 0.6) is 0 Å². The number of hydrogen-bond acceptors (Lipinski definition) is 2. The number of aliphatic carboxylic acids is 1. The molecule has 100 valence electrons. The third kappa shape index (κ3) is 2.49. The van der Waals surface area contributed by atoms with E-state index in [0.717, 1.165) is 12.8 Å². The summed E-state index contributed by atoms with van der Waals surface area (Å²) in [6.45, 7) is 3.65. The van der Waals surface area contributed by atoms with Crippen molar-refractivity contribution in [3.05, 3.63) is 11.6 Å². The Bertz CT molecular complexity index is 386. The van der Waals surface area contributed by atoms with Crippen molar-refractivity contribution in [2.75, 3.05) is 19.6 Å². The third-order valence-electron chi connectivity index (χ3n) is 4.07. The van der Waals surface area contributed by atoms with Crippen molar-refractivity contribution >= 4 is 12.0 Å². The summed E-state index contributed by atoms with van der Waals surface area (Å²) < 4.78 is 0. The second-order valence-corrected chi connectivity index (χ2v) is 5.34. The maximum Gasteiger partial charge on any atom is 0.317 e. The van der Waals surface area contributed by atoms with E-state index in [1.807, 2.05) is 6.08 Å². The van der Waals surface area contributed by atoms with Crippen LogP contribution in [0.25, 0.3) is 0 Å². The van der Waals surface area contributed by atoms with Crippen LogP contribution >= 0.6 is 0 Å². The van der Waals surface area contributed by atoms with E-state index in [1.165, 1.54) is 5.57 Å². The van der Waals surface area contributed by atoms with E-state index in [2.05, 4.69) is 12.2 Å². The summed E-state index contributed by atoms with van der Waals surface area (Å²) in [6, 6.07) is -0.147. The molecule has 18 heavy (non-hydrogen) atoms. The number of carbonyl (C=O) groups is 2. The van der Waals surface area contributed by atoms with E-state index < -0.39 is 11.4 Å². The first-order valence-corrected chi connectivity index (χ1v) is 6.45. The molecule has 5 heteroatoms. The summed E-state index contributed by atoms with van der Waals surface area (Å²) in [5, 5.41) is 11.9. The fourth-order valence-corrected chi connectivity index (χ4v) is 2.38. The highest BCUT2D eigenvalue weighted by Crippen LogP contribution is 2.40. The van der Waals surface area contributed by atoms with Gasteiger partial charge in [0.2, 0.25) is 0 Å². The molecule has 0 bridgehead atoms. The summed E-state index contributed by atoms with van der Waals surface area (Å²) in [6.07, 6.45) is 5.22. The molecule has 0 spiro atoms. The van der Waals surface area contributed by atoms with Gasteiger partial charge in [-0.1, -0.05) is 18.1 Å². The van der Waals surface area contributed by atoms with Crippen LogP contribution in [0, 0.1) is 5.41 Å². The van der Waals surface area contributed by atoms with Crippen molar-refractivity contribution in [2.24, 2.45) is 5.41 Å². The van der Waals surface area contributed by atoms with Gasteiger partial charge in [-0.2, -0.15) is 0 Å². The zero-order valence-electron chi connectivity index (χ0n) is 10.7. The number of amides is 2. The van der Waals surface area contributed by atoms with E-state index in [1.54, 1.807) is 4.90 Å². The molecule has 0 unspecified atom stereocenters. The number of carbonyl (C=O) groups excluding carboxylic acids is 1. The highest BCUT2D eigenvalue weighted by molar-refractivity contribution is 5.79. The van der Waals surface area contributed by atoms with Crippen molar-refractivity contribution in [2.45, 2.75) is 32.6 Å². The Hall–Kier alpha value is -1.52. The van der Waals surface area contributed by atoms with Crippen LogP contribution in [0.2, 0.25) is 0 Å². The summed E-state index contributed by atoms with van der Waals surface area (Å²) >= 11 is 0. The Balaban J connectivity index is 1.83. The largest absolute Gasteiger partial charge is 0.481 e. The standard InChI is InChI=1S/C13H20N2O3/c1-10-3-7-15(8-4-10)12(18)14-9-13(11(16)17)5-2-6-13/h3H,2,4-9H2,1H3,(H,14,18)(H,16,17). The predicted molar refractivity (Wildman–Crippen MR) is 67.3 cm³/mol. The number of carboxylic acids is 1. The number of carboxylic acid groups (broad SMARTS) is 1. The fraction of sp³-hybridized carbons (Fsp3) is 0.692. The lowest BCUT2D eigenvalue weighted by molar-refractivity contribution is -0.153. The molecule has 0 radical (unpaired) electrons. The highest BCUT2D eigenvalue weighted by atomic mass is 16.4. The Morgan fingerprint density at radius 2 is 2.22 bits per heavy atom. The molecule has 1 aliphatic carbocycles. The molecule has 1 aliphatic heterocycles. The topological polar surface area (TPSA) is 69.6 Å². The SMILES string of the molecule is CC1=CCN(C(=O)NCC2(C(=O)O)CCC2)CC1. The van der Waals surface area contributed by atoms with Gasteiger partial charge < -0.3 is 15.3 Å². The molecule has 2 N–H and O–H groups in total. The molecule has 0 saturated heterocycles. The van der Waals surface area contributed by atoms with E-state index in [-0.39, 0.29) is 12.6 Å². The molecule has 2 aliphatic rings. The first kappa shape index (κ1) is 12.9. The van der Waals surface area contributed by atoms with Crippen LogP contribution in [-0.2, 0) is 4.79 Å². The van der Waals surface area contributed by atoms with Gasteiger partial charge in [0.05, 0.1) is 5.41 Å². The fourth-order valence-electron chi connectivity index (χ4n) is 2.38. The molecular formula is C13H20N2O3. The monoisotopic (exact) mass is 252 g/mol. The molecule has 2 rings (SSSR count). The molecule has 0 atom stereocenters. The van der Waals surface area contributed by atoms with Crippen molar-refractivity contribution in [3.63, 3.8) is 0 Å². The number of rotatable bonds is 3. The summed E-state index contributed by atoms with van der Waals surface area (Å²) in [5.41, 5.74) is 0.594. The normalized spacial score (nSPS) is 21.8. The number of nitrogens with one attached hydrogen (secondary N) is 1. The minimum Gasteiger partial charge on any atom is -0.481 e. The van der Waals surface area contributed by atoms with Crippen molar-refractivity contribution in [1.29, 1.82) is 0 Å². The lowest BCUT2D eigenvalue weighted by Crippen LogP contribution is -2.51. The van der Waals surface area contributed by atoms with Crippen molar-refractivity contribution < 1.29 is 14.7 Å². The van der Waals surface area contributed by atoms with Gasteiger partial charge in [0.1, 0.15) is 0 Å². The van der Waals surface area contributed by atoms with E-state index in [4.69, 9.17) is 5.11 Å². The second kappa shape index (κ2) is 5.00. The first-order chi connectivity index (χ1) is 8.53. The van der Waals surface area contributed by atoms with Crippen molar-refractivity contribution in [1.82, 2.24) is 10.2 Å². The van der Waals surface area contributed by atoms with Gasteiger partial charge in [0, 0.05) is 19.6 Å². The van der Waals surface area contributed by atoms with Crippen LogP contribution < -0.4 is 5.32 Å². The van der Waals surface area contributed by atoms with Crippen LogP contribution in [0.3, 0.4) is 0 Å². The van der Waals surface area contributed by atoms with Crippen LogP contribution in [0.4, 0.5) is 4.79 Å². The minimum absolute atomic E-state index is 0.147. The zero-order chi connectivity index (χ0) is 13.2. The zero-order valence-corrected chi connectivity index (χ0v) is 10.7. The van der Waals surface area contributed by atoms with Gasteiger partial charge in [0.15, 0.2) is 0 Å². The molecule has 0 aromatic rings. The van der Waals surface area contributed by atoms with E-state index >= 15 is 0 Å². The number of hydrogen-bond donors (Lipinski definition) is 2. The van der Waals surface area contributed by atoms with Gasteiger partial charge in [-0.15, -0.1) is 0 Å².